The molecule has 0 radical (unpaired) electrons. The van der Waals surface area contributed by atoms with Crippen molar-refractivity contribution in [2.45, 2.75) is 13.5 Å². The van der Waals surface area contributed by atoms with Crippen LogP contribution in [0.1, 0.15) is 21.7 Å². The molecule has 0 fully saturated rings. The number of hydrogen-bond donors (Lipinski definition) is 1. The number of benzene rings is 1. The number of nitrogens with zero attached hydrogens (tertiary/aromatic N) is 5. The molecule has 4 aromatic rings. The van der Waals surface area contributed by atoms with E-state index in [0.717, 1.165) is 34.7 Å². The zero-order chi connectivity index (χ0) is 20.5. The van der Waals surface area contributed by atoms with Crippen LogP contribution >= 0.6 is 0 Å². The summed E-state index contributed by atoms with van der Waals surface area (Å²) >= 11 is 0. The highest BCUT2D eigenvalue weighted by atomic mass is 16.1. The van der Waals surface area contributed by atoms with Gasteiger partial charge in [-0.25, -0.2) is 15.0 Å². The fourth-order valence-corrected chi connectivity index (χ4v) is 3.32. The first-order valence-electron chi connectivity index (χ1n) is 9.28. The molecule has 3 heterocycles. The molecule has 0 aliphatic heterocycles. The number of carbonyl (C=O) groups excluding carboxylic acids is 1. The number of carbonyl (C=O) groups is 1. The van der Waals surface area contributed by atoms with Crippen LogP contribution in [0.2, 0.25) is 0 Å². The van der Waals surface area contributed by atoms with Gasteiger partial charge >= 0.3 is 0 Å². The molecule has 1 amide bonds. The fraction of sp³-hybridized carbons (Fsp3) is 0.182. The summed E-state index contributed by atoms with van der Waals surface area (Å²) in [5, 5.41) is 0. The smallest absolute Gasteiger partial charge is 0.286 e. The molecule has 1 aromatic carbocycles. The minimum Gasteiger partial charge on any atom is -0.363 e. The average Bonchev–Trinajstić information content (AvgIpc) is 3.06. The van der Waals surface area contributed by atoms with E-state index in [9.17, 15) is 4.79 Å². The molecule has 0 aliphatic rings. The molecule has 4 rings (SSSR count). The standard InChI is InChI=1S/C22H22N6O/c1-14-4-6-16(7-5-14)19-20(17-8-10-24-22(25-17)21(23)29)28-11-9-15(13-27(2)3)12-18(28)26-19/h4-12H,13H2,1-3H3,(H2,23,29). The van der Waals surface area contributed by atoms with Crippen LogP contribution in [0.5, 0.6) is 0 Å². The number of rotatable bonds is 5. The maximum absolute atomic E-state index is 11.6. The summed E-state index contributed by atoms with van der Waals surface area (Å²) in [4.78, 5) is 27.0. The van der Waals surface area contributed by atoms with Crippen LogP contribution in [-0.2, 0) is 6.54 Å². The molecule has 0 atom stereocenters. The maximum atomic E-state index is 11.6. The second kappa shape index (κ2) is 7.44. The van der Waals surface area contributed by atoms with Gasteiger partial charge < -0.3 is 10.6 Å². The molecule has 0 spiro atoms. The van der Waals surface area contributed by atoms with Gasteiger partial charge in [0, 0.05) is 24.5 Å². The van der Waals surface area contributed by atoms with Gasteiger partial charge in [-0.3, -0.25) is 9.20 Å². The summed E-state index contributed by atoms with van der Waals surface area (Å²) < 4.78 is 1.99. The van der Waals surface area contributed by atoms with Gasteiger partial charge in [0.05, 0.1) is 17.1 Å². The van der Waals surface area contributed by atoms with Gasteiger partial charge in [0.2, 0.25) is 5.82 Å². The molecular formula is C22H22N6O. The second-order valence-corrected chi connectivity index (χ2v) is 7.31. The minimum absolute atomic E-state index is 0.0171. The average molecular weight is 386 g/mol. The third-order valence-electron chi connectivity index (χ3n) is 4.63. The zero-order valence-electron chi connectivity index (χ0n) is 16.6. The number of imidazole rings is 1. The van der Waals surface area contributed by atoms with E-state index in [2.05, 4.69) is 39.1 Å². The summed E-state index contributed by atoms with van der Waals surface area (Å²) in [6, 6.07) is 14.1. The minimum atomic E-state index is -0.661. The van der Waals surface area contributed by atoms with Gasteiger partial charge in [-0.2, -0.15) is 0 Å². The predicted octanol–water partition coefficient (Wildman–Crippen LogP) is 2.93. The normalized spacial score (nSPS) is 11.3. The topological polar surface area (TPSA) is 89.4 Å². The Balaban J connectivity index is 1.96. The Labute approximate surface area is 168 Å². The van der Waals surface area contributed by atoms with Crippen LogP contribution in [0.3, 0.4) is 0 Å². The largest absolute Gasteiger partial charge is 0.363 e. The molecule has 7 nitrogen and oxygen atoms in total. The molecule has 3 aromatic heterocycles. The van der Waals surface area contributed by atoms with Crippen molar-refractivity contribution >= 4 is 11.6 Å². The number of pyridine rings is 1. The second-order valence-electron chi connectivity index (χ2n) is 7.31. The van der Waals surface area contributed by atoms with E-state index in [1.165, 1.54) is 5.56 Å². The lowest BCUT2D eigenvalue weighted by Gasteiger charge is -2.10. The molecule has 0 bridgehead atoms. The highest BCUT2D eigenvalue weighted by Crippen LogP contribution is 2.32. The number of hydrogen-bond acceptors (Lipinski definition) is 5. The van der Waals surface area contributed by atoms with Crippen molar-refractivity contribution in [3.05, 3.63) is 71.8 Å². The van der Waals surface area contributed by atoms with E-state index in [0.29, 0.717) is 5.69 Å². The number of aryl methyl sites for hydroxylation is 1. The van der Waals surface area contributed by atoms with Crippen molar-refractivity contribution in [1.29, 1.82) is 0 Å². The quantitative estimate of drug-likeness (QED) is 0.570. The van der Waals surface area contributed by atoms with Crippen molar-refractivity contribution in [2.75, 3.05) is 14.1 Å². The van der Waals surface area contributed by atoms with Crippen molar-refractivity contribution in [3.63, 3.8) is 0 Å². The number of aromatic nitrogens is 4. The van der Waals surface area contributed by atoms with Crippen LogP contribution < -0.4 is 5.73 Å². The fourth-order valence-electron chi connectivity index (χ4n) is 3.32. The Morgan fingerprint density at radius 3 is 2.55 bits per heavy atom. The number of fused-ring (bicyclic) bond motifs is 1. The summed E-state index contributed by atoms with van der Waals surface area (Å²) in [6.45, 7) is 2.86. The molecule has 0 saturated heterocycles. The first-order valence-corrected chi connectivity index (χ1v) is 9.28. The van der Waals surface area contributed by atoms with E-state index < -0.39 is 5.91 Å². The Morgan fingerprint density at radius 2 is 1.86 bits per heavy atom. The number of amides is 1. The van der Waals surface area contributed by atoms with Crippen molar-refractivity contribution in [1.82, 2.24) is 24.3 Å². The van der Waals surface area contributed by atoms with Crippen LogP contribution in [-0.4, -0.2) is 44.3 Å². The lowest BCUT2D eigenvalue weighted by atomic mass is 10.1. The number of nitrogens with two attached hydrogens (primary N) is 1. The van der Waals surface area contributed by atoms with Gasteiger partial charge in [-0.15, -0.1) is 0 Å². The zero-order valence-corrected chi connectivity index (χ0v) is 16.6. The van der Waals surface area contributed by atoms with Crippen LogP contribution in [0.25, 0.3) is 28.3 Å². The Bertz CT molecular complexity index is 1190. The Morgan fingerprint density at radius 1 is 1.10 bits per heavy atom. The van der Waals surface area contributed by atoms with Crippen LogP contribution in [0.15, 0.2) is 54.9 Å². The first-order chi connectivity index (χ1) is 13.9. The van der Waals surface area contributed by atoms with Gasteiger partial charge in [0.15, 0.2) is 0 Å². The lowest BCUT2D eigenvalue weighted by molar-refractivity contribution is 0.0990. The van der Waals surface area contributed by atoms with Gasteiger partial charge in [-0.05, 0) is 44.8 Å². The van der Waals surface area contributed by atoms with Crippen LogP contribution in [0.4, 0.5) is 0 Å². The van der Waals surface area contributed by atoms with Crippen molar-refractivity contribution < 1.29 is 4.79 Å². The van der Waals surface area contributed by atoms with Gasteiger partial charge in [0.1, 0.15) is 5.65 Å². The van der Waals surface area contributed by atoms with Gasteiger partial charge in [-0.1, -0.05) is 29.8 Å². The third-order valence-corrected chi connectivity index (χ3v) is 4.63. The molecule has 29 heavy (non-hydrogen) atoms. The van der Waals surface area contributed by atoms with E-state index in [4.69, 9.17) is 10.7 Å². The third kappa shape index (κ3) is 3.72. The van der Waals surface area contributed by atoms with E-state index in [1.807, 2.05) is 43.7 Å². The summed E-state index contributed by atoms with van der Waals surface area (Å²) in [6.07, 6.45) is 3.53. The van der Waals surface area contributed by atoms with Crippen LogP contribution in [0, 0.1) is 6.92 Å². The first kappa shape index (κ1) is 18.8. The molecular weight excluding hydrogens is 364 g/mol. The van der Waals surface area contributed by atoms with E-state index in [-0.39, 0.29) is 5.82 Å². The predicted molar refractivity (Wildman–Crippen MR) is 112 cm³/mol. The SMILES string of the molecule is Cc1ccc(-c2nc3cc(CN(C)C)ccn3c2-c2ccnc(C(N)=O)n2)cc1. The lowest BCUT2D eigenvalue weighted by Crippen LogP contribution is -2.15. The highest BCUT2D eigenvalue weighted by Gasteiger charge is 2.19. The summed E-state index contributed by atoms with van der Waals surface area (Å²) in [5.41, 5.74) is 11.7. The molecule has 0 saturated carbocycles. The van der Waals surface area contributed by atoms with E-state index >= 15 is 0 Å². The van der Waals surface area contributed by atoms with Crippen molar-refractivity contribution in [3.8, 4) is 22.6 Å². The Hall–Kier alpha value is -3.58. The molecule has 2 N–H and O–H groups in total. The highest BCUT2D eigenvalue weighted by molar-refractivity contribution is 5.90. The number of primary amides is 1. The van der Waals surface area contributed by atoms with E-state index in [1.54, 1.807) is 12.3 Å². The Kier molecular flexibility index (Phi) is 4.82. The van der Waals surface area contributed by atoms with Gasteiger partial charge in [0.25, 0.3) is 5.91 Å². The monoisotopic (exact) mass is 386 g/mol. The molecule has 0 unspecified atom stereocenters. The summed E-state index contributed by atoms with van der Waals surface area (Å²) in [5.74, 6) is -0.678. The van der Waals surface area contributed by atoms with Crippen molar-refractivity contribution in [2.24, 2.45) is 5.73 Å². The molecule has 7 heteroatoms. The molecule has 0 aliphatic carbocycles. The molecule has 146 valence electrons. The summed E-state index contributed by atoms with van der Waals surface area (Å²) in [7, 11) is 4.07. The maximum Gasteiger partial charge on any atom is 0.286 e.